The molecular formula is C12H17NO3. The molecule has 0 radical (unpaired) electrons. The lowest BCUT2D eigenvalue weighted by Gasteiger charge is -2.14. The van der Waals surface area contributed by atoms with Gasteiger partial charge in [-0.3, -0.25) is 4.79 Å². The van der Waals surface area contributed by atoms with Gasteiger partial charge in [-0.2, -0.15) is 0 Å². The van der Waals surface area contributed by atoms with E-state index in [0.29, 0.717) is 12.8 Å². The van der Waals surface area contributed by atoms with Crippen molar-refractivity contribution in [1.82, 2.24) is 5.32 Å². The Morgan fingerprint density at radius 2 is 2.25 bits per heavy atom. The van der Waals surface area contributed by atoms with Crippen molar-refractivity contribution in [3.05, 3.63) is 29.8 Å². The second kappa shape index (κ2) is 6.12. The average Bonchev–Trinajstić information content (AvgIpc) is 2.26. The van der Waals surface area contributed by atoms with Gasteiger partial charge in [-0.15, -0.1) is 0 Å². The molecule has 1 atom stereocenters. The number of amides is 1. The van der Waals surface area contributed by atoms with Crippen LogP contribution >= 0.6 is 0 Å². The lowest BCUT2D eigenvalue weighted by atomic mass is 10.1. The first kappa shape index (κ1) is 12.5. The Hall–Kier alpha value is -1.55. The molecule has 1 aromatic carbocycles. The summed E-state index contributed by atoms with van der Waals surface area (Å²) in [5.74, 6) is 0.0962. The first-order valence-corrected chi connectivity index (χ1v) is 5.32. The molecule has 0 spiro atoms. The summed E-state index contributed by atoms with van der Waals surface area (Å²) in [6.45, 7) is 1.87. The molecule has 4 heteroatoms. The quantitative estimate of drug-likeness (QED) is 0.705. The highest BCUT2D eigenvalue weighted by Crippen LogP contribution is 2.17. The van der Waals surface area contributed by atoms with Crippen molar-refractivity contribution in [3.63, 3.8) is 0 Å². The molecule has 0 aliphatic carbocycles. The summed E-state index contributed by atoms with van der Waals surface area (Å²) in [6.07, 6.45) is 0.790. The van der Waals surface area contributed by atoms with Crippen molar-refractivity contribution in [2.75, 3.05) is 6.61 Å². The van der Waals surface area contributed by atoms with E-state index in [2.05, 4.69) is 5.32 Å². The van der Waals surface area contributed by atoms with E-state index in [1.54, 1.807) is 18.2 Å². The lowest BCUT2D eigenvalue weighted by molar-refractivity contribution is -0.122. The summed E-state index contributed by atoms with van der Waals surface area (Å²) in [6, 6.07) is 6.65. The molecule has 1 unspecified atom stereocenters. The fourth-order valence-corrected chi connectivity index (χ4v) is 1.43. The number of carbonyl (C=O) groups excluding carboxylic acids is 1. The van der Waals surface area contributed by atoms with Crippen LogP contribution in [0.25, 0.3) is 0 Å². The minimum atomic E-state index is -0.140. The number of nitrogens with one attached hydrogen (secondary N) is 1. The number of aliphatic hydroxyl groups is 1. The molecular weight excluding hydrogens is 206 g/mol. The Kier molecular flexibility index (Phi) is 4.79. The molecule has 0 saturated carbocycles. The summed E-state index contributed by atoms with van der Waals surface area (Å²) >= 11 is 0. The highest BCUT2D eigenvalue weighted by atomic mass is 16.3. The van der Waals surface area contributed by atoms with Crippen LogP contribution in [-0.4, -0.2) is 22.7 Å². The molecule has 0 saturated heterocycles. The summed E-state index contributed by atoms with van der Waals surface area (Å²) in [7, 11) is 0. The minimum absolute atomic E-state index is 0.0218. The highest BCUT2D eigenvalue weighted by Gasteiger charge is 2.09. The molecule has 0 aromatic heterocycles. The second-order valence-corrected chi connectivity index (χ2v) is 3.71. The number of aliphatic hydroxyl groups excluding tert-OH is 1. The maximum Gasteiger partial charge on any atom is 0.220 e. The Labute approximate surface area is 94.9 Å². The fraction of sp³-hybridized carbons (Fsp3) is 0.417. The first-order chi connectivity index (χ1) is 7.63. The molecule has 88 valence electrons. The van der Waals surface area contributed by atoms with Gasteiger partial charge in [0, 0.05) is 13.0 Å². The molecule has 0 heterocycles. The summed E-state index contributed by atoms with van der Waals surface area (Å²) < 4.78 is 0. The number of phenols is 1. The van der Waals surface area contributed by atoms with Gasteiger partial charge >= 0.3 is 0 Å². The van der Waals surface area contributed by atoms with Crippen molar-refractivity contribution in [2.24, 2.45) is 0 Å². The molecule has 1 aromatic rings. The number of aromatic hydroxyl groups is 1. The Bertz CT molecular complexity index is 352. The van der Waals surface area contributed by atoms with Crippen molar-refractivity contribution in [2.45, 2.75) is 25.8 Å². The SMILES string of the molecule is CC(NC(=O)CCCO)c1cccc(O)c1. The van der Waals surface area contributed by atoms with Gasteiger partial charge in [0.2, 0.25) is 5.91 Å². The van der Waals surface area contributed by atoms with E-state index in [1.165, 1.54) is 0 Å². The highest BCUT2D eigenvalue weighted by molar-refractivity contribution is 5.76. The van der Waals surface area contributed by atoms with Crippen LogP contribution in [0.3, 0.4) is 0 Å². The molecule has 4 nitrogen and oxygen atoms in total. The van der Waals surface area contributed by atoms with Crippen LogP contribution in [0.4, 0.5) is 0 Å². The zero-order chi connectivity index (χ0) is 12.0. The molecule has 3 N–H and O–H groups in total. The van der Waals surface area contributed by atoms with E-state index < -0.39 is 0 Å². The van der Waals surface area contributed by atoms with Crippen LogP contribution in [-0.2, 0) is 4.79 Å². The Morgan fingerprint density at radius 1 is 1.50 bits per heavy atom. The summed E-state index contributed by atoms with van der Waals surface area (Å²) in [4.78, 5) is 11.4. The zero-order valence-electron chi connectivity index (χ0n) is 9.31. The van der Waals surface area contributed by atoms with Crippen molar-refractivity contribution < 1.29 is 15.0 Å². The fourth-order valence-electron chi connectivity index (χ4n) is 1.43. The average molecular weight is 223 g/mol. The molecule has 16 heavy (non-hydrogen) atoms. The number of hydrogen-bond donors (Lipinski definition) is 3. The molecule has 0 bridgehead atoms. The normalized spacial score (nSPS) is 12.1. The molecule has 1 rings (SSSR count). The predicted octanol–water partition coefficient (Wildman–Crippen LogP) is 1.34. The van der Waals surface area contributed by atoms with E-state index in [4.69, 9.17) is 5.11 Å². The first-order valence-electron chi connectivity index (χ1n) is 5.32. The van der Waals surface area contributed by atoms with Crippen molar-refractivity contribution >= 4 is 5.91 Å². The third-order valence-electron chi connectivity index (χ3n) is 2.31. The van der Waals surface area contributed by atoms with Gasteiger partial charge < -0.3 is 15.5 Å². The van der Waals surface area contributed by atoms with E-state index in [-0.39, 0.29) is 24.3 Å². The third-order valence-corrected chi connectivity index (χ3v) is 2.31. The number of rotatable bonds is 5. The predicted molar refractivity (Wildman–Crippen MR) is 61.0 cm³/mol. The maximum atomic E-state index is 11.4. The summed E-state index contributed by atoms with van der Waals surface area (Å²) in [5, 5.41) is 20.7. The lowest BCUT2D eigenvalue weighted by Crippen LogP contribution is -2.26. The van der Waals surface area contributed by atoms with Gasteiger partial charge in [0.05, 0.1) is 6.04 Å². The van der Waals surface area contributed by atoms with E-state index >= 15 is 0 Å². The molecule has 0 aliphatic rings. The monoisotopic (exact) mass is 223 g/mol. The molecule has 1 amide bonds. The summed E-state index contributed by atoms with van der Waals surface area (Å²) in [5.41, 5.74) is 0.859. The van der Waals surface area contributed by atoms with Crippen LogP contribution in [0.15, 0.2) is 24.3 Å². The Balaban J connectivity index is 2.52. The van der Waals surface area contributed by atoms with E-state index in [0.717, 1.165) is 5.56 Å². The second-order valence-electron chi connectivity index (χ2n) is 3.71. The topological polar surface area (TPSA) is 69.6 Å². The van der Waals surface area contributed by atoms with Crippen LogP contribution in [0.5, 0.6) is 5.75 Å². The standard InChI is InChI=1S/C12H17NO3/c1-9(13-12(16)6-3-7-14)10-4-2-5-11(15)8-10/h2,4-5,8-9,14-15H,3,6-7H2,1H3,(H,13,16). The van der Waals surface area contributed by atoms with Gasteiger partial charge in [0.25, 0.3) is 0 Å². The number of phenolic OH excluding ortho intramolecular Hbond substituents is 1. The zero-order valence-corrected chi connectivity index (χ0v) is 9.31. The maximum absolute atomic E-state index is 11.4. The number of carbonyl (C=O) groups is 1. The van der Waals surface area contributed by atoms with Crippen LogP contribution in [0.2, 0.25) is 0 Å². The van der Waals surface area contributed by atoms with Crippen LogP contribution < -0.4 is 5.32 Å². The van der Waals surface area contributed by atoms with Gasteiger partial charge in [0.1, 0.15) is 5.75 Å². The Morgan fingerprint density at radius 3 is 2.88 bits per heavy atom. The number of benzene rings is 1. The van der Waals surface area contributed by atoms with Crippen LogP contribution in [0.1, 0.15) is 31.4 Å². The number of hydrogen-bond acceptors (Lipinski definition) is 3. The van der Waals surface area contributed by atoms with E-state index in [1.807, 2.05) is 13.0 Å². The van der Waals surface area contributed by atoms with Crippen LogP contribution in [0, 0.1) is 0 Å². The van der Waals surface area contributed by atoms with Gasteiger partial charge in [0.15, 0.2) is 0 Å². The van der Waals surface area contributed by atoms with Gasteiger partial charge in [-0.05, 0) is 31.0 Å². The minimum Gasteiger partial charge on any atom is -0.508 e. The van der Waals surface area contributed by atoms with Gasteiger partial charge in [-0.1, -0.05) is 12.1 Å². The largest absolute Gasteiger partial charge is 0.508 e. The molecule has 0 aliphatic heterocycles. The van der Waals surface area contributed by atoms with E-state index in [9.17, 15) is 9.90 Å². The molecule has 0 fully saturated rings. The third kappa shape index (κ3) is 3.90. The van der Waals surface area contributed by atoms with Crippen molar-refractivity contribution in [3.8, 4) is 5.75 Å². The van der Waals surface area contributed by atoms with Gasteiger partial charge in [-0.25, -0.2) is 0 Å². The van der Waals surface area contributed by atoms with Crippen molar-refractivity contribution in [1.29, 1.82) is 0 Å². The smallest absolute Gasteiger partial charge is 0.220 e.